The first-order valence-electron chi connectivity index (χ1n) is 6.97. The Hall–Kier alpha value is -1.80. The van der Waals surface area contributed by atoms with Gasteiger partial charge in [0.25, 0.3) is 0 Å². The molecule has 6 nitrogen and oxygen atoms in total. The van der Waals surface area contributed by atoms with Gasteiger partial charge in [-0.1, -0.05) is 24.0 Å². The number of fused-ring (bicyclic) bond motifs is 1. The summed E-state index contributed by atoms with van der Waals surface area (Å²) in [5.41, 5.74) is 1.75. The number of thiocarbonyl (C=S) groups is 1. The Balaban J connectivity index is 1.93. The molecule has 0 fully saturated rings. The van der Waals surface area contributed by atoms with Crippen LogP contribution < -0.4 is 11.0 Å². The molecule has 0 bridgehead atoms. The van der Waals surface area contributed by atoms with Crippen molar-refractivity contribution in [2.75, 3.05) is 24.2 Å². The van der Waals surface area contributed by atoms with Crippen LogP contribution >= 0.6 is 24.0 Å². The average molecular weight is 338 g/mol. The van der Waals surface area contributed by atoms with Crippen LogP contribution in [0, 0.1) is 0 Å². The van der Waals surface area contributed by atoms with E-state index >= 15 is 0 Å². The zero-order chi connectivity index (χ0) is 16.1. The number of carbonyl (C=O) groups is 1. The van der Waals surface area contributed by atoms with Crippen LogP contribution in [0.3, 0.4) is 0 Å². The second-order valence-electron chi connectivity index (χ2n) is 4.61. The molecule has 0 aliphatic heterocycles. The molecule has 1 aromatic heterocycles. The van der Waals surface area contributed by atoms with E-state index in [9.17, 15) is 9.59 Å². The Morgan fingerprint density at radius 3 is 2.64 bits per heavy atom. The number of hydrogen-bond acceptors (Lipinski definition) is 4. The second kappa shape index (κ2) is 7.46. The topological polar surface area (TPSA) is 81.0 Å². The molecule has 118 valence electrons. The molecule has 3 N–H and O–H groups in total. The van der Waals surface area contributed by atoms with Gasteiger partial charge in [-0.2, -0.15) is 0 Å². The van der Waals surface area contributed by atoms with Crippen LogP contribution in [0.1, 0.15) is 13.8 Å². The van der Waals surface area contributed by atoms with E-state index in [1.807, 2.05) is 18.7 Å². The van der Waals surface area contributed by atoms with Crippen molar-refractivity contribution in [1.29, 1.82) is 0 Å². The van der Waals surface area contributed by atoms with Crippen LogP contribution in [0.5, 0.6) is 0 Å². The van der Waals surface area contributed by atoms with Crippen LogP contribution in [-0.4, -0.2) is 43.9 Å². The number of benzene rings is 1. The molecule has 2 aromatic rings. The van der Waals surface area contributed by atoms with E-state index in [1.54, 1.807) is 18.2 Å². The standard InChI is InChI=1S/C14H18N4O2S2/c1-3-18(4-2)14(21)22-8-12(19)15-9-5-6-10-11(7-9)17-13(20)16-10/h5-7H,3-4,8H2,1-2H3,(H,15,19)(H2,16,17,20). The smallest absolute Gasteiger partial charge is 0.323 e. The molecular weight excluding hydrogens is 320 g/mol. The zero-order valence-corrected chi connectivity index (χ0v) is 14.1. The molecule has 1 aromatic carbocycles. The first-order chi connectivity index (χ1) is 10.5. The fourth-order valence-electron chi connectivity index (χ4n) is 2.01. The molecule has 1 heterocycles. The van der Waals surface area contributed by atoms with E-state index < -0.39 is 0 Å². The molecule has 0 radical (unpaired) electrons. The van der Waals surface area contributed by atoms with Crippen LogP contribution in [-0.2, 0) is 4.79 Å². The SMILES string of the molecule is CCN(CC)C(=S)SCC(=O)Nc1ccc2[nH]c(=O)[nH]c2c1. The fourth-order valence-corrected chi connectivity index (χ4v) is 3.21. The molecule has 0 unspecified atom stereocenters. The van der Waals surface area contributed by atoms with E-state index in [0.717, 1.165) is 17.4 Å². The lowest BCUT2D eigenvalue weighted by molar-refractivity contribution is -0.113. The van der Waals surface area contributed by atoms with Crippen molar-refractivity contribution < 1.29 is 4.79 Å². The van der Waals surface area contributed by atoms with Crippen LogP contribution in [0.15, 0.2) is 23.0 Å². The number of anilines is 1. The highest BCUT2D eigenvalue weighted by Gasteiger charge is 2.10. The lowest BCUT2D eigenvalue weighted by Crippen LogP contribution is -2.28. The van der Waals surface area contributed by atoms with Gasteiger partial charge in [0.2, 0.25) is 5.91 Å². The number of thioether (sulfide) groups is 1. The number of aromatic amines is 2. The van der Waals surface area contributed by atoms with Crippen molar-refractivity contribution in [3.05, 3.63) is 28.7 Å². The van der Waals surface area contributed by atoms with Crippen molar-refractivity contribution in [2.24, 2.45) is 0 Å². The van der Waals surface area contributed by atoms with Gasteiger partial charge in [-0.3, -0.25) is 4.79 Å². The number of nitrogens with one attached hydrogen (secondary N) is 3. The van der Waals surface area contributed by atoms with Gasteiger partial charge >= 0.3 is 5.69 Å². The third kappa shape index (κ3) is 4.11. The maximum absolute atomic E-state index is 12.0. The number of carbonyl (C=O) groups excluding carboxylic acids is 1. The highest BCUT2D eigenvalue weighted by molar-refractivity contribution is 8.23. The van der Waals surface area contributed by atoms with Gasteiger partial charge in [0.15, 0.2) is 0 Å². The van der Waals surface area contributed by atoms with Gasteiger partial charge in [0.1, 0.15) is 4.32 Å². The van der Waals surface area contributed by atoms with Crippen molar-refractivity contribution in [3.8, 4) is 0 Å². The summed E-state index contributed by atoms with van der Waals surface area (Å²) in [4.78, 5) is 30.5. The quantitative estimate of drug-likeness (QED) is 0.728. The predicted molar refractivity (Wildman–Crippen MR) is 95.5 cm³/mol. The summed E-state index contributed by atoms with van der Waals surface area (Å²) in [6.07, 6.45) is 0. The molecule has 2 rings (SSSR count). The number of nitrogens with zero attached hydrogens (tertiary/aromatic N) is 1. The van der Waals surface area contributed by atoms with Crippen molar-refractivity contribution in [1.82, 2.24) is 14.9 Å². The third-order valence-corrected chi connectivity index (χ3v) is 4.67. The summed E-state index contributed by atoms with van der Waals surface area (Å²) in [5.74, 6) is 0.133. The molecule has 0 aliphatic carbocycles. The minimum absolute atomic E-state index is 0.128. The average Bonchev–Trinajstić information content (AvgIpc) is 2.85. The van der Waals surface area contributed by atoms with E-state index in [1.165, 1.54) is 11.8 Å². The van der Waals surface area contributed by atoms with Gasteiger partial charge in [-0.15, -0.1) is 0 Å². The van der Waals surface area contributed by atoms with Gasteiger partial charge in [0, 0.05) is 18.8 Å². The summed E-state index contributed by atoms with van der Waals surface area (Å²) in [6, 6.07) is 5.21. The normalized spacial score (nSPS) is 10.6. The number of H-pyrrole nitrogens is 2. The maximum Gasteiger partial charge on any atom is 0.323 e. The third-order valence-electron chi connectivity index (χ3n) is 3.15. The fraction of sp³-hybridized carbons (Fsp3) is 0.357. The number of amides is 1. The summed E-state index contributed by atoms with van der Waals surface area (Å²) < 4.78 is 0.727. The number of aromatic nitrogens is 2. The Morgan fingerprint density at radius 2 is 1.95 bits per heavy atom. The molecule has 8 heteroatoms. The van der Waals surface area contributed by atoms with E-state index in [2.05, 4.69) is 15.3 Å². The first kappa shape index (κ1) is 16.6. The van der Waals surface area contributed by atoms with Crippen molar-refractivity contribution in [3.63, 3.8) is 0 Å². The molecule has 0 saturated carbocycles. The van der Waals surface area contributed by atoms with Crippen LogP contribution in [0.2, 0.25) is 0 Å². The first-order valence-corrected chi connectivity index (χ1v) is 8.36. The highest BCUT2D eigenvalue weighted by atomic mass is 32.2. The summed E-state index contributed by atoms with van der Waals surface area (Å²) in [5, 5.41) is 2.80. The highest BCUT2D eigenvalue weighted by Crippen LogP contribution is 2.15. The van der Waals surface area contributed by atoms with Crippen molar-refractivity contribution >= 4 is 50.9 Å². The largest absolute Gasteiger partial charge is 0.358 e. The lowest BCUT2D eigenvalue weighted by atomic mass is 10.3. The molecule has 0 aliphatic rings. The van der Waals surface area contributed by atoms with E-state index in [4.69, 9.17) is 12.2 Å². The minimum Gasteiger partial charge on any atom is -0.358 e. The molecule has 1 amide bonds. The second-order valence-corrected chi connectivity index (χ2v) is 6.22. The maximum atomic E-state index is 12.0. The number of imidazole rings is 1. The van der Waals surface area contributed by atoms with Gasteiger partial charge in [-0.25, -0.2) is 4.79 Å². The Kier molecular flexibility index (Phi) is 5.62. The predicted octanol–water partition coefficient (Wildman–Crippen LogP) is 2.15. The summed E-state index contributed by atoms with van der Waals surface area (Å²) in [6.45, 7) is 5.73. The summed E-state index contributed by atoms with van der Waals surface area (Å²) >= 11 is 6.64. The zero-order valence-electron chi connectivity index (χ0n) is 12.4. The monoisotopic (exact) mass is 338 g/mol. The minimum atomic E-state index is -0.265. The van der Waals surface area contributed by atoms with Crippen molar-refractivity contribution in [2.45, 2.75) is 13.8 Å². The molecule has 22 heavy (non-hydrogen) atoms. The molecular formula is C14H18N4O2S2. The van der Waals surface area contributed by atoms with Crippen LogP contribution in [0.25, 0.3) is 11.0 Å². The molecule has 0 saturated heterocycles. The van der Waals surface area contributed by atoms with E-state index in [0.29, 0.717) is 16.7 Å². The Labute approximate surface area is 137 Å². The number of hydrogen-bond donors (Lipinski definition) is 3. The summed E-state index contributed by atoms with van der Waals surface area (Å²) in [7, 11) is 0. The number of rotatable bonds is 5. The van der Waals surface area contributed by atoms with Gasteiger partial charge in [0.05, 0.1) is 16.8 Å². The van der Waals surface area contributed by atoms with E-state index in [-0.39, 0.29) is 17.3 Å². The molecule has 0 atom stereocenters. The Bertz CT molecular complexity index is 734. The van der Waals surface area contributed by atoms with Crippen LogP contribution in [0.4, 0.5) is 5.69 Å². The lowest BCUT2D eigenvalue weighted by Gasteiger charge is -2.20. The molecule has 0 spiro atoms. The van der Waals surface area contributed by atoms with Gasteiger partial charge in [-0.05, 0) is 32.0 Å². The van der Waals surface area contributed by atoms with Gasteiger partial charge < -0.3 is 20.2 Å². The Morgan fingerprint density at radius 1 is 1.27 bits per heavy atom.